The van der Waals surface area contributed by atoms with Crippen LogP contribution in [0, 0.1) is 0 Å². The summed E-state index contributed by atoms with van der Waals surface area (Å²) in [5.74, 6) is -0.672. The summed E-state index contributed by atoms with van der Waals surface area (Å²) < 4.78 is 4.55. The van der Waals surface area contributed by atoms with Crippen molar-refractivity contribution in [3.8, 4) is 0 Å². The van der Waals surface area contributed by atoms with Crippen molar-refractivity contribution in [1.29, 1.82) is 0 Å². The van der Waals surface area contributed by atoms with Crippen molar-refractivity contribution in [3.63, 3.8) is 0 Å². The zero-order valence-corrected chi connectivity index (χ0v) is 12.1. The summed E-state index contributed by atoms with van der Waals surface area (Å²) in [6.45, 7) is 0. The first-order valence-corrected chi connectivity index (χ1v) is 6.92. The molecule has 0 fully saturated rings. The number of hydrogen-bond acceptors (Lipinski definition) is 5. The van der Waals surface area contributed by atoms with Crippen LogP contribution in [-0.4, -0.2) is 24.0 Å². The molecule has 0 aliphatic rings. The van der Waals surface area contributed by atoms with Crippen molar-refractivity contribution < 1.29 is 14.3 Å². The lowest BCUT2D eigenvalue weighted by Crippen LogP contribution is -2.12. The maximum atomic E-state index is 12.0. The Kier molecular flexibility index (Phi) is 4.70. The number of nitrogens with zero attached hydrogens (tertiary/aromatic N) is 1. The Bertz CT molecular complexity index is 642. The first kappa shape index (κ1) is 14.5. The number of esters is 1. The number of halogens is 1. The smallest absolute Gasteiger partial charge is 0.311 e. The number of benzene rings is 1. The molecule has 5 nitrogen and oxygen atoms in total. The van der Waals surface area contributed by atoms with E-state index in [1.165, 1.54) is 18.4 Å². The number of nitrogens with one attached hydrogen (secondary N) is 1. The van der Waals surface area contributed by atoms with Gasteiger partial charge in [-0.15, -0.1) is 11.3 Å². The van der Waals surface area contributed by atoms with E-state index < -0.39 is 0 Å². The fraction of sp³-hybridized carbons (Fsp3) is 0.154. The Balaban J connectivity index is 2.03. The highest BCUT2D eigenvalue weighted by atomic mass is 35.5. The van der Waals surface area contributed by atoms with Crippen molar-refractivity contribution in [2.24, 2.45) is 0 Å². The van der Waals surface area contributed by atoms with Crippen LogP contribution in [0.2, 0.25) is 5.02 Å². The number of thiazole rings is 1. The van der Waals surface area contributed by atoms with Crippen LogP contribution in [0.4, 0.5) is 5.13 Å². The SMILES string of the molecule is COC(=O)Cc1csc(NC(=O)c2cccc(Cl)c2)n1. The van der Waals surface area contributed by atoms with Crippen molar-refractivity contribution in [2.75, 3.05) is 12.4 Å². The molecular formula is C13H11ClN2O3S. The summed E-state index contributed by atoms with van der Waals surface area (Å²) in [5.41, 5.74) is 1.01. The highest BCUT2D eigenvalue weighted by Crippen LogP contribution is 2.18. The van der Waals surface area contributed by atoms with Crippen LogP contribution < -0.4 is 5.32 Å². The molecule has 7 heteroatoms. The average Bonchev–Trinajstić information content (AvgIpc) is 2.85. The van der Waals surface area contributed by atoms with Gasteiger partial charge in [-0.3, -0.25) is 14.9 Å². The van der Waals surface area contributed by atoms with Crippen LogP contribution in [0.5, 0.6) is 0 Å². The predicted molar refractivity (Wildman–Crippen MR) is 77.2 cm³/mol. The van der Waals surface area contributed by atoms with Crippen LogP contribution in [0.15, 0.2) is 29.6 Å². The number of anilines is 1. The molecule has 0 bridgehead atoms. The normalized spacial score (nSPS) is 10.1. The minimum atomic E-state index is -0.372. The highest BCUT2D eigenvalue weighted by Gasteiger charge is 2.11. The molecule has 0 saturated heterocycles. The third-order valence-electron chi connectivity index (χ3n) is 2.41. The second-order valence-corrected chi connectivity index (χ2v) is 5.16. The maximum absolute atomic E-state index is 12.0. The summed E-state index contributed by atoms with van der Waals surface area (Å²) >= 11 is 7.07. The van der Waals surface area contributed by atoms with Gasteiger partial charge >= 0.3 is 5.97 Å². The summed E-state index contributed by atoms with van der Waals surface area (Å²) in [5, 5.41) is 5.27. The van der Waals surface area contributed by atoms with Gasteiger partial charge in [0.2, 0.25) is 0 Å². The first-order valence-electron chi connectivity index (χ1n) is 5.66. The molecule has 2 rings (SSSR count). The standard InChI is InChI=1S/C13H11ClN2O3S/c1-19-11(17)6-10-7-20-13(15-10)16-12(18)8-3-2-4-9(14)5-8/h2-5,7H,6H2,1H3,(H,15,16,18). The van der Waals surface area contributed by atoms with Crippen molar-refractivity contribution in [2.45, 2.75) is 6.42 Å². The van der Waals surface area contributed by atoms with E-state index in [0.717, 1.165) is 0 Å². The van der Waals surface area contributed by atoms with Gasteiger partial charge < -0.3 is 4.74 Å². The Morgan fingerprint density at radius 1 is 1.45 bits per heavy atom. The van der Waals surface area contributed by atoms with E-state index in [1.54, 1.807) is 29.6 Å². The molecule has 0 aliphatic carbocycles. The highest BCUT2D eigenvalue weighted by molar-refractivity contribution is 7.14. The first-order chi connectivity index (χ1) is 9.58. The lowest BCUT2D eigenvalue weighted by atomic mass is 10.2. The molecule has 0 aliphatic heterocycles. The Morgan fingerprint density at radius 2 is 2.25 bits per heavy atom. The van der Waals surface area contributed by atoms with Gasteiger partial charge in [0.15, 0.2) is 5.13 Å². The molecule has 1 aromatic carbocycles. The molecule has 0 atom stereocenters. The van der Waals surface area contributed by atoms with Crippen LogP contribution in [0.3, 0.4) is 0 Å². The van der Waals surface area contributed by atoms with Gasteiger partial charge in [0, 0.05) is 16.0 Å². The Morgan fingerprint density at radius 3 is 2.95 bits per heavy atom. The molecule has 20 heavy (non-hydrogen) atoms. The summed E-state index contributed by atoms with van der Waals surface area (Å²) in [7, 11) is 1.32. The van der Waals surface area contributed by atoms with Gasteiger partial charge in [-0.1, -0.05) is 17.7 Å². The topological polar surface area (TPSA) is 68.3 Å². The second-order valence-electron chi connectivity index (χ2n) is 3.86. The number of methoxy groups -OCH3 is 1. The van der Waals surface area contributed by atoms with E-state index >= 15 is 0 Å². The minimum Gasteiger partial charge on any atom is -0.469 e. The molecule has 0 spiro atoms. The molecule has 0 radical (unpaired) electrons. The van der Waals surface area contributed by atoms with Gasteiger partial charge in [0.25, 0.3) is 5.91 Å². The van der Waals surface area contributed by atoms with E-state index in [-0.39, 0.29) is 18.3 Å². The Labute approximate surface area is 124 Å². The number of hydrogen-bond donors (Lipinski definition) is 1. The van der Waals surface area contributed by atoms with E-state index in [9.17, 15) is 9.59 Å². The van der Waals surface area contributed by atoms with Crippen molar-refractivity contribution in [1.82, 2.24) is 4.98 Å². The summed E-state index contributed by atoms with van der Waals surface area (Å²) in [6, 6.07) is 6.61. The lowest BCUT2D eigenvalue weighted by Gasteiger charge is -2.01. The van der Waals surface area contributed by atoms with Gasteiger partial charge in [0.05, 0.1) is 19.2 Å². The Hall–Kier alpha value is -1.92. The number of ether oxygens (including phenoxy) is 1. The number of carbonyl (C=O) groups excluding carboxylic acids is 2. The fourth-order valence-electron chi connectivity index (χ4n) is 1.46. The zero-order chi connectivity index (χ0) is 14.5. The summed E-state index contributed by atoms with van der Waals surface area (Å²) in [6.07, 6.45) is 0.0834. The molecule has 1 heterocycles. The molecule has 0 unspecified atom stereocenters. The average molecular weight is 311 g/mol. The number of aromatic nitrogens is 1. The van der Waals surface area contributed by atoms with Crippen LogP contribution >= 0.6 is 22.9 Å². The van der Waals surface area contributed by atoms with Gasteiger partial charge in [0.1, 0.15) is 0 Å². The van der Waals surface area contributed by atoms with Gasteiger partial charge in [-0.05, 0) is 18.2 Å². The molecule has 104 valence electrons. The fourth-order valence-corrected chi connectivity index (χ4v) is 2.36. The number of amides is 1. The summed E-state index contributed by atoms with van der Waals surface area (Å²) in [4.78, 5) is 27.2. The van der Waals surface area contributed by atoms with E-state index in [2.05, 4.69) is 15.0 Å². The van der Waals surface area contributed by atoms with Crippen LogP contribution in [0.25, 0.3) is 0 Å². The molecule has 1 N–H and O–H groups in total. The number of carbonyl (C=O) groups is 2. The molecular weight excluding hydrogens is 300 g/mol. The van der Waals surface area contributed by atoms with E-state index in [1.807, 2.05) is 0 Å². The van der Waals surface area contributed by atoms with Crippen molar-refractivity contribution >= 4 is 39.9 Å². The predicted octanol–water partition coefficient (Wildman–Crippen LogP) is 2.76. The van der Waals surface area contributed by atoms with E-state index in [4.69, 9.17) is 11.6 Å². The molecule has 0 saturated carbocycles. The van der Waals surface area contributed by atoms with Crippen LogP contribution in [-0.2, 0) is 16.0 Å². The molecule has 2 aromatic rings. The molecule has 1 amide bonds. The largest absolute Gasteiger partial charge is 0.469 e. The monoisotopic (exact) mass is 310 g/mol. The maximum Gasteiger partial charge on any atom is 0.311 e. The van der Waals surface area contributed by atoms with Crippen LogP contribution in [0.1, 0.15) is 16.1 Å². The third-order valence-corrected chi connectivity index (χ3v) is 3.45. The van der Waals surface area contributed by atoms with Gasteiger partial charge in [-0.2, -0.15) is 0 Å². The third kappa shape index (κ3) is 3.79. The lowest BCUT2D eigenvalue weighted by molar-refractivity contribution is -0.139. The van der Waals surface area contributed by atoms with Gasteiger partial charge in [-0.25, -0.2) is 4.98 Å². The van der Waals surface area contributed by atoms with Crippen molar-refractivity contribution in [3.05, 3.63) is 45.9 Å². The number of rotatable bonds is 4. The second kappa shape index (κ2) is 6.49. The molecule has 1 aromatic heterocycles. The minimum absolute atomic E-state index is 0.0834. The quantitative estimate of drug-likeness (QED) is 0.882. The zero-order valence-electron chi connectivity index (χ0n) is 10.6. The van der Waals surface area contributed by atoms with E-state index in [0.29, 0.717) is 21.4 Å².